The van der Waals surface area contributed by atoms with Crippen molar-refractivity contribution in [1.29, 1.82) is 5.41 Å². The second kappa shape index (κ2) is 9.03. The van der Waals surface area contributed by atoms with Crippen molar-refractivity contribution >= 4 is 28.9 Å². The number of benzene rings is 1. The molecule has 1 aliphatic heterocycles. The molecule has 12 heteroatoms. The molecule has 0 aliphatic carbocycles. The summed E-state index contributed by atoms with van der Waals surface area (Å²) < 4.78 is 40.3. The van der Waals surface area contributed by atoms with Crippen molar-refractivity contribution in [1.82, 2.24) is 15.5 Å². The largest absolute Gasteiger partial charge is 0.416 e. The van der Waals surface area contributed by atoms with E-state index in [2.05, 4.69) is 15.5 Å². The summed E-state index contributed by atoms with van der Waals surface area (Å²) in [5, 5.41) is 17.0. The maximum Gasteiger partial charge on any atom is 0.416 e. The zero-order chi connectivity index (χ0) is 23.6. The zero-order valence-electron chi connectivity index (χ0n) is 16.9. The number of nitrogens with two attached hydrogens (primary N) is 1. The number of aromatic amines is 1. The monoisotopic (exact) mass is 468 g/mol. The maximum absolute atomic E-state index is 13.4. The minimum absolute atomic E-state index is 0.0113. The SMILES string of the molecule is CC(NC1=C(C(=N)C(N)=O)CN(c2cn[nH]c(=O)c2Cl)CC1)c1ccccc1C(F)(F)F. The zero-order valence-corrected chi connectivity index (χ0v) is 17.6. The molecule has 2 aromatic rings. The molecular formula is C20H20ClF3N6O2. The predicted octanol–water partition coefficient (Wildman–Crippen LogP) is 2.76. The number of anilines is 1. The van der Waals surface area contributed by atoms with Crippen LogP contribution in [0, 0.1) is 5.41 Å². The van der Waals surface area contributed by atoms with Crippen LogP contribution >= 0.6 is 11.6 Å². The van der Waals surface area contributed by atoms with Crippen molar-refractivity contribution in [3.05, 3.63) is 68.2 Å². The van der Waals surface area contributed by atoms with Crippen LogP contribution in [-0.2, 0) is 11.0 Å². The first-order chi connectivity index (χ1) is 15.0. The molecule has 0 fully saturated rings. The third-order valence-electron chi connectivity index (χ3n) is 5.13. The quantitative estimate of drug-likeness (QED) is 0.485. The number of nitrogens with zero attached hydrogens (tertiary/aromatic N) is 2. The Labute approximate surface area is 185 Å². The van der Waals surface area contributed by atoms with Crippen LogP contribution in [0.25, 0.3) is 0 Å². The van der Waals surface area contributed by atoms with E-state index in [1.165, 1.54) is 24.4 Å². The standard InChI is InChI=1S/C20H20ClF3N6O2/c1-10(11-4-2-3-5-13(11)20(22,23)24)28-14-6-7-30(9-12(14)17(25)18(26)31)15-8-27-29-19(32)16(15)21/h2-5,8,10,25,28H,6-7,9H2,1H3,(H2,26,31)(H,29,32). The molecule has 1 aliphatic rings. The molecule has 0 saturated heterocycles. The summed E-state index contributed by atoms with van der Waals surface area (Å²) in [4.78, 5) is 25.2. The number of carbonyl (C=O) groups is 1. The number of primary amides is 1. The molecular weight excluding hydrogens is 449 g/mol. The van der Waals surface area contributed by atoms with Crippen LogP contribution in [0.1, 0.15) is 30.5 Å². The Morgan fingerprint density at radius 2 is 2.06 bits per heavy atom. The Kier molecular flexibility index (Phi) is 6.58. The van der Waals surface area contributed by atoms with Crippen molar-refractivity contribution in [2.24, 2.45) is 5.73 Å². The first-order valence-corrected chi connectivity index (χ1v) is 9.90. The van der Waals surface area contributed by atoms with Gasteiger partial charge in [-0.15, -0.1) is 0 Å². The van der Waals surface area contributed by atoms with Gasteiger partial charge in [0.2, 0.25) is 0 Å². The van der Waals surface area contributed by atoms with E-state index in [0.29, 0.717) is 17.9 Å². The van der Waals surface area contributed by atoms with E-state index in [-0.39, 0.29) is 29.1 Å². The van der Waals surface area contributed by atoms with Crippen LogP contribution < -0.4 is 21.5 Å². The number of hydrogen-bond acceptors (Lipinski definition) is 6. The van der Waals surface area contributed by atoms with E-state index in [1.807, 2.05) is 0 Å². The summed E-state index contributed by atoms with van der Waals surface area (Å²) in [5.41, 5.74) is 4.41. The molecule has 32 heavy (non-hydrogen) atoms. The van der Waals surface area contributed by atoms with Gasteiger partial charge in [-0.05, 0) is 18.6 Å². The van der Waals surface area contributed by atoms with Crippen molar-refractivity contribution in [2.75, 3.05) is 18.0 Å². The average molecular weight is 469 g/mol. The van der Waals surface area contributed by atoms with Gasteiger partial charge in [-0.1, -0.05) is 29.8 Å². The van der Waals surface area contributed by atoms with Crippen LogP contribution in [0.5, 0.6) is 0 Å². The second-order valence-corrected chi connectivity index (χ2v) is 7.60. The van der Waals surface area contributed by atoms with E-state index >= 15 is 0 Å². The highest BCUT2D eigenvalue weighted by Crippen LogP contribution is 2.35. The molecule has 8 nitrogen and oxygen atoms in total. The first kappa shape index (κ1) is 23.3. The molecule has 3 rings (SSSR count). The van der Waals surface area contributed by atoms with E-state index in [4.69, 9.17) is 22.7 Å². The fourth-order valence-corrected chi connectivity index (χ4v) is 3.78. The lowest BCUT2D eigenvalue weighted by molar-refractivity contribution is -0.138. The lowest BCUT2D eigenvalue weighted by Gasteiger charge is -2.34. The number of hydrogen-bond donors (Lipinski definition) is 4. The van der Waals surface area contributed by atoms with Crippen molar-refractivity contribution in [2.45, 2.75) is 25.6 Å². The van der Waals surface area contributed by atoms with E-state index in [0.717, 1.165) is 6.07 Å². The summed E-state index contributed by atoms with van der Waals surface area (Å²) in [7, 11) is 0. The number of aromatic nitrogens is 2. The van der Waals surface area contributed by atoms with Crippen LogP contribution in [0.15, 0.2) is 46.5 Å². The molecule has 1 aromatic heterocycles. The predicted molar refractivity (Wildman–Crippen MR) is 114 cm³/mol. The highest BCUT2D eigenvalue weighted by Gasteiger charge is 2.35. The number of carbonyl (C=O) groups excluding carboxylic acids is 1. The lowest BCUT2D eigenvalue weighted by atomic mass is 9.97. The Morgan fingerprint density at radius 1 is 1.38 bits per heavy atom. The second-order valence-electron chi connectivity index (χ2n) is 7.22. The van der Waals surface area contributed by atoms with Gasteiger partial charge >= 0.3 is 6.18 Å². The molecule has 5 N–H and O–H groups in total. The van der Waals surface area contributed by atoms with Gasteiger partial charge in [0.05, 0.1) is 17.4 Å². The summed E-state index contributed by atoms with van der Waals surface area (Å²) in [6.07, 6.45) is -2.94. The van der Waals surface area contributed by atoms with E-state index in [1.54, 1.807) is 11.8 Å². The Balaban J connectivity index is 1.97. The van der Waals surface area contributed by atoms with Gasteiger partial charge in [-0.25, -0.2) is 5.10 Å². The molecule has 1 atom stereocenters. The highest BCUT2D eigenvalue weighted by molar-refractivity contribution is 6.44. The van der Waals surface area contributed by atoms with Gasteiger partial charge in [-0.2, -0.15) is 18.3 Å². The fraction of sp³-hybridized carbons (Fsp3) is 0.300. The number of halogens is 4. The average Bonchev–Trinajstić information content (AvgIpc) is 2.75. The molecule has 170 valence electrons. The van der Waals surface area contributed by atoms with Gasteiger partial charge in [0.15, 0.2) is 0 Å². The topological polar surface area (TPSA) is 128 Å². The van der Waals surface area contributed by atoms with E-state index in [9.17, 15) is 22.8 Å². The van der Waals surface area contributed by atoms with Gasteiger partial charge in [-0.3, -0.25) is 15.0 Å². The van der Waals surface area contributed by atoms with Crippen LogP contribution in [-0.4, -0.2) is 34.9 Å². The van der Waals surface area contributed by atoms with Crippen LogP contribution in [0.2, 0.25) is 5.02 Å². The molecule has 1 unspecified atom stereocenters. The molecule has 0 spiro atoms. The third-order valence-corrected chi connectivity index (χ3v) is 5.50. The number of alkyl halides is 3. The molecule has 1 aromatic carbocycles. The van der Waals surface area contributed by atoms with Crippen molar-refractivity contribution in [3.8, 4) is 0 Å². The lowest BCUT2D eigenvalue weighted by Crippen LogP contribution is -2.41. The Morgan fingerprint density at radius 3 is 2.72 bits per heavy atom. The molecule has 0 radical (unpaired) electrons. The maximum atomic E-state index is 13.4. The number of rotatable bonds is 6. The molecule has 0 bridgehead atoms. The van der Waals surface area contributed by atoms with Crippen molar-refractivity contribution in [3.63, 3.8) is 0 Å². The number of H-pyrrole nitrogens is 1. The van der Waals surface area contributed by atoms with Gasteiger partial charge in [0.1, 0.15) is 10.7 Å². The Hall–Kier alpha value is -3.34. The van der Waals surface area contributed by atoms with Gasteiger partial charge in [0.25, 0.3) is 11.5 Å². The number of nitrogens with one attached hydrogen (secondary N) is 3. The van der Waals surface area contributed by atoms with Gasteiger partial charge < -0.3 is 16.0 Å². The normalized spacial score (nSPS) is 15.5. The summed E-state index contributed by atoms with van der Waals surface area (Å²) in [6.45, 7) is 1.87. The molecule has 1 amide bonds. The fourth-order valence-electron chi connectivity index (χ4n) is 3.57. The van der Waals surface area contributed by atoms with Crippen LogP contribution in [0.3, 0.4) is 0 Å². The van der Waals surface area contributed by atoms with Gasteiger partial charge in [0, 0.05) is 36.8 Å². The highest BCUT2D eigenvalue weighted by atomic mass is 35.5. The Bertz CT molecular complexity index is 1140. The minimum atomic E-state index is -4.53. The number of amides is 1. The molecule has 2 heterocycles. The smallest absolute Gasteiger partial charge is 0.381 e. The first-order valence-electron chi connectivity index (χ1n) is 9.52. The summed E-state index contributed by atoms with van der Waals surface area (Å²) in [5.74, 6) is -0.986. The minimum Gasteiger partial charge on any atom is -0.381 e. The van der Waals surface area contributed by atoms with Crippen molar-refractivity contribution < 1.29 is 18.0 Å². The summed E-state index contributed by atoms with van der Waals surface area (Å²) >= 11 is 6.07. The van der Waals surface area contributed by atoms with E-state index < -0.39 is 35.0 Å². The molecule has 0 saturated carbocycles. The summed E-state index contributed by atoms with van der Waals surface area (Å²) in [6, 6.07) is 4.42. The van der Waals surface area contributed by atoms with Crippen LogP contribution in [0.4, 0.5) is 18.9 Å². The third kappa shape index (κ3) is 4.77.